The maximum Gasteiger partial charge on any atom is 0.336 e. The fraction of sp³-hybridized carbons (Fsp3) is 0.304. The first-order valence-electron chi connectivity index (χ1n) is 9.82. The Labute approximate surface area is 183 Å². The molecule has 0 saturated carbocycles. The van der Waals surface area contributed by atoms with E-state index >= 15 is 0 Å². The Hall–Kier alpha value is -3.26. The fourth-order valence-electron chi connectivity index (χ4n) is 4.46. The number of pyridine rings is 1. The number of carbonyl (C=O) groups is 3. The molecule has 0 aromatic carbocycles. The largest absolute Gasteiger partial charge is 0.468 e. The van der Waals surface area contributed by atoms with Crippen molar-refractivity contribution in [3.8, 4) is 0 Å². The quantitative estimate of drug-likeness (QED) is 0.579. The second-order valence-corrected chi connectivity index (χ2v) is 8.44. The molecular weight excluding hydrogens is 416 g/mol. The summed E-state index contributed by atoms with van der Waals surface area (Å²) in [5.74, 6) is -3.46. The van der Waals surface area contributed by atoms with E-state index in [0.717, 1.165) is 4.88 Å². The molecule has 0 radical (unpaired) electrons. The second kappa shape index (κ2) is 8.47. The van der Waals surface area contributed by atoms with Crippen LogP contribution in [0.5, 0.6) is 0 Å². The van der Waals surface area contributed by atoms with Crippen molar-refractivity contribution in [2.75, 3.05) is 14.2 Å². The Morgan fingerprint density at radius 1 is 1.19 bits per heavy atom. The Kier molecular flexibility index (Phi) is 5.73. The number of carbonyl (C=O) groups excluding carboxylic acids is 3. The third-order valence-corrected chi connectivity index (χ3v) is 6.81. The van der Waals surface area contributed by atoms with Crippen LogP contribution in [0, 0.1) is 5.92 Å². The third-order valence-electron chi connectivity index (χ3n) is 5.81. The van der Waals surface area contributed by atoms with E-state index in [4.69, 9.17) is 9.47 Å². The molecule has 0 fully saturated rings. The van der Waals surface area contributed by atoms with Gasteiger partial charge in [-0.3, -0.25) is 14.6 Å². The van der Waals surface area contributed by atoms with Gasteiger partial charge >= 0.3 is 11.9 Å². The maximum absolute atomic E-state index is 13.8. The second-order valence-electron chi connectivity index (χ2n) is 7.46. The van der Waals surface area contributed by atoms with E-state index in [1.165, 1.54) is 25.6 Å². The van der Waals surface area contributed by atoms with Gasteiger partial charge in [0.15, 0.2) is 5.78 Å². The molecule has 2 aliphatic rings. The number of ether oxygens (including phenoxy) is 2. The molecule has 1 aliphatic carbocycles. The van der Waals surface area contributed by atoms with E-state index in [1.807, 2.05) is 23.6 Å². The van der Waals surface area contributed by atoms with Crippen molar-refractivity contribution in [3.05, 3.63) is 75.0 Å². The van der Waals surface area contributed by atoms with Crippen LogP contribution in [0.2, 0.25) is 0 Å². The van der Waals surface area contributed by atoms with Crippen LogP contribution < -0.4 is 5.32 Å². The number of hydrogen-bond donors (Lipinski definition) is 1. The summed E-state index contributed by atoms with van der Waals surface area (Å²) in [7, 11) is 2.59. The molecule has 3 heterocycles. The van der Waals surface area contributed by atoms with Gasteiger partial charge < -0.3 is 14.8 Å². The smallest absolute Gasteiger partial charge is 0.336 e. The molecule has 4 rings (SSSR count). The Morgan fingerprint density at radius 2 is 2.00 bits per heavy atom. The summed E-state index contributed by atoms with van der Waals surface area (Å²) in [5.41, 5.74) is 2.74. The molecule has 3 unspecified atom stereocenters. The highest BCUT2D eigenvalue weighted by molar-refractivity contribution is 7.10. The van der Waals surface area contributed by atoms with Crippen molar-refractivity contribution in [2.24, 2.45) is 5.92 Å². The summed E-state index contributed by atoms with van der Waals surface area (Å²) in [4.78, 5) is 44.4. The standard InChI is InChI=1S/C23H22N2O5S/c1-12-17(22(27)29-2)18(13-6-4-8-24-11-13)20-15(25-12)10-14(16-7-5-9-31-16)19(21(20)26)23(28)30-3/h4-9,11,14,18-19,25H,10H2,1-3H3. The lowest BCUT2D eigenvalue weighted by atomic mass is 9.68. The van der Waals surface area contributed by atoms with Crippen molar-refractivity contribution in [2.45, 2.75) is 25.2 Å². The number of rotatable bonds is 4. The zero-order valence-corrected chi connectivity index (χ0v) is 18.2. The van der Waals surface area contributed by atoms with Gasteiger partial charge in [0.2, 0.25) is 0 Å². The van der Waals surface area contributed by atoms with Gasteiger partial charge in [-0.05, 0) is 36.4 Å². The molecule has 7 nitrogen and oxygen atoms in total. The van der Waals surface area contributed by atoms with Crippen LogP contribution in [0.15, 0.2) is 64.6 Å². The molecule has 1 N–H and O–H groups in total. The minimum atomic E-state index is -0.985. The van der Waals surface area contributed by atoms with E-state index < -0.39 is 23.8 Å². The maximum atomic E-state index is 13.8. The number of methoxy groups -OCH3 is 2. The molecule has 0 saturated heterocycles. The first-order valence-corrected chi connectivity index (χ1v) is 10.7. The van der Waals surface area contributed by atoms with Gasteiger partial charge in [-0.2, -0.15) is 0 Å². The van der Waals surface area contributed by atoms with Crippen LogP contribution in [-0.4, -0.2) is 36.9 Å². The molecule has 1 aliphatic heterocycles. The number of thiophene rings is 1. The first kappa shape index (κ1) is 21.0. The average Bonchev–Trinajstić information content (AvgIpc) is 3.32. The number of nitrogens with zero attached hydrogens (tertiary/aromatic N) is 1. The van der Waals surface area contributed by atoms with Gasteiger partial charge in [0, 0.05) is 46.1 Å². The molecular formula is C23H22N2O5S. The van der Waals surface area contributed by atoms with Gasteiger partial charge in [0.05, 0.1) is 19.8 Å². The fourth-order valence-corrected chi connectivity index (χ4v) is 5.33. The van der Waals surface area contributed by atoms with Gasteiger partial charge in [-0.1, -0.05) is 12.1 Å². The van der Waals surface area contributed by atoms with E-state index in [2.05, 4.69) is 10.3 Å². The summed E-state index contributed by atoms with van der Waals surface area (Å²) < 4.78 is 10.0. The molecule has 160 valence electrons. The van der Waals surface area contributed by atoms with Gasteiger partial charge in [0.1, 0.15) is 5.92 Å². The minimum absolute atomic E-state index is 0.334. The highest BCUT2D eigenvalue weighted by Crippen LogP contribution is 2.48. The number of hydrogen-bond acceptors (Lipinski definition) is 8. The Balaban J connectivity index is 1.90. The predicted molar refractivity (Wildman–Crippen MR) is 114 cm³/mol. The van der Waals surface area contributed by atoms with Crippen LogP contribution in [0.3, 0.4) is 0 Å². The number of aromatic nitrogens is 1. The number of dihydropyridines is 1. The highest BCUT2D eigenvalue weighted by Gasteiger charge is 2.49. The van der Waals surface area contributed by atoms with E-state index in [0.29, 0.717) is 34.5 Å². The van der Waals surface area contributed by atoms with Crippen molar-refractivity contribution < 1.29 is 23.9 Å². The van der Waals surface area contributed by atoms with E-state index in [9.17, 15) is 14.4 Å². The lowest BCUT2D eigenvalue weighted by Gasteiger charge is -2.38. The minimum Gasteiger partial charge on any atom is -0.468 e. The Bertz CT molecular complexity index is 1090. The van der Waals surface area contributed by atoms with E-state index in [-0.39, 0.29) is 11.7 Å². The highest BCUT2D eigenvalue weighted by atomic mass is 32.1. The van der Waals surface area contributed by atoms with Crippen molar-refractivity contribution >= 4 is 29.1 Å². The number of ketones is 1. The number of esters is 2. The molecule has 0 amide bonds. The van der Waals surface area contributed by atoms with Crippen LogP contribution in [-0.2, 0) is 23.9 Å². The van der Waals surface area contributed by atoms with E-state index in [1.54, 1.807) is 25.4 Å². The summed E-state index contributed by atoms with van der Waals surface area (Å²) in [6.45, 7) is 1.79. The molecule has 31 heavy (non-hydrogen) atoms. The number of nitrogens with one attached hydrogen (secondary N) is 1. The van der Waals surface area contributed by atoms with Crippen LogP contribution >= 0.6 is 11.3 Å². The van der Waals surface area contributed by atoms with Crippen molar-refractivity contribution in [1.29, 1.82) is 0 Å². The molecule has 8 heteroatoms. The molecule has 2 aromatic heterocycles. The van der Waals surface area contributed by atoms with Crippen LogP contribution in [0.1, 0.15) is 35.6 Å². The zero-order valence-electron chi connectivity index (χ0n) is 17.4. The summed E-state index contributed by atoms with van der Waals surface area (Å²) in [6.07, 6.45) is 3.70. The monoisotopic (exact) mass is 438 g/mol. The first-order chi connectivity index (χ1) is 15.0. The van der Waals surface area contributed by atoms with Crippen molar-refractivity contribution in [3.63, 3.8) is 0 Å². The molecule has 0 bridgehead atoms. The summed E-state index contributed by atoms with van der Waals surface area (Å²) in [5, 5.41) is 5.17. The summed E-state index contributed by atoms with van der Waals surface area (Å²) >= 11 is 1.50. The van der Waals surface area contributed by atoms with Crippen LogP contribution in [0.4, 0.5) is 0 Å². The average molecular weight is 439 g/mol. The molecule has 3 atom stereocenters. The lowest BCUT2D eigenvalue weighted by Crippen LogP contribution is -2.43. The normalized spacial score (nSPS) is 23.2. The summed E-state index contributed by atoms with van der Waals surface area (Å²) in [6, 6.07) is 7.39. The van der Waals surface area contributed by atoms with Gasteiger partial charge in [-0.25, -0.2) is 4.79 Å². The molecule has 0 spiro atoms. The zero-order chi connectivity index (χ0) is 22.1. The number of Topliss-reactive ketones (excluding diaryl/α,β-unsaturated/α-hetero) is 1. The van der Waals surface area contributed by atoms with Gasteiger partial charge in [-0.15, -0.1) is 11.3 Å². The SMILES string of the molecule is COC(=O)C1=C(C)NC2=C(C(=O)C(C(=O)OC)C(c3cccs3)C2)C1c1cccnc1. The van der Waals surface area contributed by atoms with Crippen LogP contribution in [0.25, 0.3) is 0 Å². The van der Waals surface area contributed by atoms with Crippen molar-refractivity contribution in [1.82, 2.24) is 10.3 Å². The number of allylic oxidation sites excluding steroid dienone is 3. The lowest BCUT2D eigenvalue weighted by molar-refractivity contribution is -0.149. The third kappa shape index (κ3) is 3.57. The Morgan fingerprint density at radius 3 is 2.61 bits per heavy atom. The van der Waals surface area contributed by atoms with Gasteiger partial charge in [0.25, 0.3) is 0 Å². The molecule has 2 aromatic rings. The topological polar surface area (TPSA) is 94.6 Å². The predicted octanol–water partition coefficient (Wildman–Crippen LogP) is 3.08.